The molecular formula is C20H17N3OS. The Labute approximate surface area is 152 Å². The van der Waals surface area contributed by atoms with Crippen molar-refractivity contribution in [2.24, 2.45) is 0 Å². The summed E-state index contributed by atoms with van der Waals surface area (Å²) in [6, 6.07) is 23.2. The summed E-state index contributed by atoms with van der Waals surface area (Å²) in [4.78, 5) is 18.2. The Morgan fingerprint density at radius 1 is 0.960 bits per heavy atom. The molecule has 3 rings (SSSR count). The largest absolute Gasteiger partial charge is 0.314 e. The van der Waals surface area contributed by atoms with E-state index >= 15 is 0 Å². The van der Waals surface area contributed by atoms with Gasteiger partial charge < -0.3 is 4.90 Å². The van der Waals surface area contributed by atoms with Gasteiger partial charge in [0, 0.05) is 18.1 Å². The number of nitrogens with zero attached hydrogens (tertiary/aromatic N) is 2. The molecule has 1 N–H and O–H groups in total. The number of hydrogen-bond donors (Lipinski definition) is 1. The topological polar surface area (TPSA) is 45.2 Å². The highest BCUT2D eigenvalue weighted by molar-refractivity contribution is 7.80. The van der Waals surface area contributed by atoms with E-state index in [1.54, 1.807) is 18.3 Å². The smallest absolute Gasteiger partial charge is 0.258 e. The number of thiocarbonyl (C=S) groups is 1. The quantitative estimate of drug-likeness (QED) is 0.729. The van der Waals surface area contributed by atoms with Gasteiger partial charge in [-0.25, -0.2) is 0 Å². The molecule has 0 aliphatic carbocycles. The van der Waals surface area contributed by atoms with Crippen molar-refractivity contribution in [2.75, 3.05) is 4.90 Å². The lowest BCUT2D eigenvalue weighted by atomic mass is 10.2. The number of hydrogen-bond acceptors (Lipinski definition) is 3. The van der Waals surface area contributed by atoms with Crippen LogP contribution in [-0.4, -0.2) is 16.0 Å². The highest BCUT2D eigenvalue weighted by atomic mass is 32.1. The molecule has 0 fully saturated rings. The molecule has 0 saturated heterocycles. The van der Waals surface area contributed by atoms with Crippen LogP contribution in [-0.2, 0) is 6.54 Å². The summed E-state index contributed by atoms with van der Waals surface area (Å²) >= 11 is 5.51. The summed E-state index contributed by atoms with van der Waals surface area (Å²) < 4.78 is 0. The van der Waals surface area contributed by atoms with Crippen molar-refractivity contribution in [3.63, 3.8) is 0 Å². The Hall–Kier alpha value is -3.05. The minimum absolute atomic E-state index is 0.271. The summed E-state index contributed by atoms with van der Waals surface area (Å²) in [6.07, 6.45) is 3.14. The van der Waals surface area contributed by atoms with Gasteiger partial charge in [0.25, 0.3) is 5.91 Å². The van der Waals surface area contributed by atoms with E-state index < -0.39 is 0 Å². The third-order valence-electron chi connectivity index (χ3n) is 3.64. The molecule has 1 heterocycles. The third kappa shape index (κ3) is 4.49. The van der Waals surface area contributed by atoms with Crippen LogP contribution < -0.4 is 10.2 Å². The second-order valence-corrected chi connectivity index (χ2v) is 5.79. The SMILES string of the molecule is O=C(NC(=S)N(Cc1ccccc1)c1ccccc1)c1cccnc1. The normalized spacial score (nSPS) is 10.1. The van der Waals surface area contributed by atoms with Gasteiger partial charge in [-0.1, -0.05) is 48.5 Å². The first kappa shape index (κ1) is 16.8. The first-order valence-corrected chi connectivity index (χ1v) is 8.27. The molecule has 25 heavy (non-hydrogen) atoms. The van der Waals surface area contributed by atoms with Gasteiger partial charge in [-0.05, 0) is 42.0 Å². The van der Waals surface area contributed by atoms with Gasteiger partial charge in [-0.2, -0.15) is 0 Å². The molecule has 1 aromatic heterocycles. The molecule has 0 aliphatic rings. The molecular weight excluding hydrogens is 330 g/mol. The highest BCUT2D eigenvalue weighted by Gasteiger charge is 2.16. The zero-order valence-electron chi connectivity index (χ0n) is 13.5. The molecule has 0 spiro atoms. The maximum absolute atomic E-state index is 12.4. The zero-order chi connectivity index (χ0) is 17.5. The van der Waals surface area contributed by atoms with Crippen molar-refractivity contribution < 1.29 is 4.79 Å². The van der Waals surface area contributed by atoms with E-state index in [2.05, 4.69) is 10.3 Å². The van der Waals surface area contributed by atoms with Crippen LogP contribution in [0.15, 0.2) is 85.2 Å². The van der Waals surface area contributed by atoms with Crippen molar-refractivity contribution in [3.8, 4) is 0 Å². The molecule has 0 radical (unpaired) electrons. The van der Waals surface area contributed by atoms with Gasteiger partial charge in [0.1, 0.15) is 0 Å². The summed E-state index contributed by atoms with van der Waals surface area (Å²) in [6.45, 7) is 0.566. The second-order valence-electron chi connectivity index (χ2n) is 5.41. The van der Waals surface area contributed by atoms with Gasteiger partial charge in [0.15, 0.2) is 5.11 Å². The number of nitrogens with one attached hydrogen (secondary N) is 1. The molecule has 5 heteroatoms. The molecule has 124 valence electrons. The zero-order valence-corrected chi connectivity index (χ0v) is 14.3. The van der Waals surface area contributed by atoms with Crippen molar-refractivity contribution >= 4 is 28.9 Å². The lowest BCUT2D eigenvalue weighted by Crippen LogP contribution is -2.42. The lowest BCUT2D eigenvalue weighted by molar-refractivity contribution is 0.0977. The maximum atomic E-state index is 12.4. The average molecular weight is 347 g/mol. The number of para-hydroxylation sites is 1. The van der Waals surface area contributed by atoms with Crippen LogP contribution in [0.5, 0.6) is 0 Å². The number of aromatic nitrogens is 1. The summed E-state index contributed by atoms with van der Waals surface area (Å²) in [5.41, 5.74) is 2.49. The first-order chi connectivity index (χ1) is 12.2. The van der Waals surface area contributed by atoms with E-state index in [-0.39, 0.29) is 5.91 Å². The number of amides is 1. The molecule has 0 saturated carbocycles. The molecule has 3 aromatic rings. The van der Waals surface area contributed by atoms with E-state index in [1.807, 2.05) is 65.6 Å². The second kappa shape index (κ2) is 8.17. The molecule has 0 aliphatic heterocycles. The van der Waals surface area contributed by atoms with Crippen LogP contribution in [0.1, 0.15) is 15.9 Å². The van der Waals surface area contributed by atoms with Gasteiger partial charge >= 0.3 is 0 Å². The van der Waals surface area contributed by atoms with Crippen molar-refractivity contribution in [1.82, 2.24) is 10.3 Å². The van der Waals surface area contributed by atoms with E-state index in [9.17, 15) is 4.79 Å². The van der Waals surface area contributed by atoms with Crippen LogP contribution in [0.25, 0.3) is 0 Å². The molecule has 0 unspecified atom stereocenters. The monoisotopic (exact) mass is 347 g/mol. The predicted octanol–water partition coefficient (Wildman–Crippen LogP) is 3.80. The average Bonchev–Trinajstić information content (AvgIpc) is 2.68. The maximum Gasteiger partial charge on any atom is 0.258 e. The van der Waals surface area contributed by atoms with Crippen LogP contribution in [0.3, 0.4) is 0 Å². The molecule has 1 amide bonds. The van der Waals surface area contributed by atoms with Crippen molar-refractivity contribution in [3.05, 3.63) is 96.3 Å². The van der Waals surface area contributed by atoms with Gasteiger partial charge in [0.05, 0.1) is 12.1 Å². The van der Waals surface area contributed by atoms with Gasteiger partial charge in [0.2, 0.25) is 0 Å². The van der Waals surface area contributed by atoms with Crippen molar-refractivity contribution in [1.29, 1.82) is 0 Å². The molecule has 2 aromatic carbocycles. The molecule has 0 atom stereocenters. The van der Waals surface area contributed by atoms with E-state index in [4.69, 9.17) is 12.2 Å². The Kier molecular flexibility index (Phi) is 5.49. The minimum Gasteiger partial charge on any atom is -0.314 e. The summed E-state index contributed by atoms with van der Waals surface area (Å²) in [7, 11) is 0. The number of carbonyl (C=O) groups is 1. The fourth-order valence-electron chi connectivity index (χ4n) is 2.39. The summed E-state index contributed by atoms with van der Waals surface area (Å²) in [5.74, 6) is -0.271. The fourth-order valence-corrected chi connectivity index (χ4v) is 2.65. The Morgan fingerprint density at radius 3 is 2.28 bits per heavy atom. The first-order valence-electron chi connectivity index (χ1n) is 7.86. The number of rotatable bonds is 4. The van der Waals surface area contributed by atoms with E-state index in [0.717, 1.165) is 11.3 Å². The molecule has 4 nitrogen and oxygen atoms in total. The van der Waals surface area contributed by atoms with Crippen LogP contribution in [0, 0.1) is 0 Å². The number of benzene rings is 2. The van der Waals surface area contributed by atoms with Crippen LogP contribution >= 0.6 is 12.2 Å². The fraction of sp³-hybridized carbons (Fsp3) is 0.0500. The highest BCUT2D eigenvalue weighted by Crippen LogP contribution is 2.17. The van der Waals surface area contributed by atoms with Gasteiger partial charge in [-0.15, -0.1) is 0 Å². The lowest BCUT2D eigenvalue weighted by Gasteiger charge is -2.25. The van der Waals surface area contributed by atoms with Crippen molar-refractivity contribution in [2.45, 2.75) is 6.54 Å². The van der Waals surface area contributed by atoms with Crippen LogP contribution in [0.4, 0.5) is 5.69 Å². The molecule has 0 bridgehead atoms. The number of anilines is 1. The van der Waals surface area contributed by atoms with E-state index in [1.165, 1.54) is 6.20 Å². The van der Waals surface area contributed by atoms with Gasteiger partial charge in [-0.3, -0.25) is 15.1 Å². The predicted molar refractivity (Wildman–Crippen MR) is 103 cm³/mol. The Bertz CT molecular complexity index is 839. The Balaban J connectivity index is 1.81. The third-order valence-corrected chi connectivity index (χ3v) is 3.96. The van der Waals surface area contributed by atoms with E-state index in [0.29, 0.717) is 17.2 Å². The number of carbonyl (C=O) groups excluding carboxylic acids is 1. The Morgan fingerprint density at radius 2 is 1.64 bits per heavy atom. The minimum atomic E-state index is -0.271. The summed E-state index contributed by atoms with van der Waals surface area (Å²) in [5, 5.41) is 3.14. The van der Waals surface area contributed by atoms with Crippen LogP contribution in [0.2, 0.25) is 0 Å². The number of pyridine rings is 1. The standard InChI is InChI=1S/C20H17N3OS/c24-19(17-10-7-13-21-14-17)22-20(25)23(18-11-5-2-6-12-18)15-16-8-3-1-4-9-16/h1-14H,15H2,(H,22,24,25).